The Morgan fingerprint density at radius 1 is 0.432 bits per heavy atom. The molecule has 0 saturated carbocycles. The molecular weight excluding hydrogens is 1050 g/mol. The van der Waals surface area contributed by atoms with Crippen molar-refractivity contribution in [2.45, 2.75) is 349 Å². The van der Waals surface area contributed by atoms with Crippen LogP contribution in [0.1, 0.15) is 245 Å². The van der Waals surface area contributed by atoms with E-state index in [1.54, 1.807) is 6.08 Å². The van der Waals surface area contributed by atoms with Crippen molar-refractivity contribution in [2.75, 3.05) is 26.4 Å². The molecule has 3 fully saturated rings. The Balaban J connectivity index is 1.46. The fourth-order valence-corrected chi connectivity index (χ4v) is 11.2. The number of carbonyl (C=O) groups excluding carboxylic acids is 1. The van der Waals surface area contributed by atoms with Crippen molar-refractivity contribution >= 4 is 5.91 Å². The van der Waals surface area contributed by atoms with Gasteiger partial charge >= 0.3 is 0 Å². The molecule has 478 valence electrons. The maximum Gasteiger partial charge on any atom is 0.220 e. The largest absolute Gasteiger partial charge is 0.394 e. The average Bonchev–Trinajstić information content (AvgIpc) is 3.46. The topological polar surface area (TPSA) is 307 Å². The normalized spacial score (nSPS) is 29.8. The third-order valence-corrected chi connectivity index (χ3v) is 16.6. The number of ether oxygens (including phenoxy) is 6. The highest BCUT2D eigenvalue weighted by Gasteiger charge is 2.54. The van der Waals surface area contributed by atoms with E-state index in [4.69, 9.17) is 28.4 Å². The number of hydrogen-bond donors (Lipinski definition) is 12. The van der Waals surface area contributed by atoms with Crippen LogP contribution in [0.15, 0.2) is 12.2 Å². The van der Waals surface area contributed by atoms with Gasteiger partial charge in [0.1, 0.15) is 73.2 Å². The van der Waals surface area contributed by atoms with E-state index in [0.29, 0.717) is 6.42 Å². The van der Waals surface area contributed by atoms with Gasteiger partial charge in [0.05, 0.1) is 38.6 Å². The van der Waals surface area contributed by atoms with Gasteiger partial charge in [-0.05, 0) is 19.3 Å². The molecule has 3 heterocycles. The Labute approximate surface area is 486 Å². The zero-order valence-corrected chi connectivity index (χ0v) is 50.0. The van der Waals surface area contributed by atoms with Gasteiger partial charge in [-0.3, -0.25) is 4.79 Å². The minimum absolute atomic E-state index is 0.245. The summed E-state index contributed by atoms with van der Waals surface area (Å²) in [6, 6.07) is -0.974. The third kappa shape index (κ3) is 29.2. The average molecular weight is 1160 g/mol. The second kappa shape index (κ2) is 45.8. The summed E-state index contributed by atoms with van der Waals surface area (Å²) in [6.45, 7) is 1.71. The van der Waals surface area contributed by atoms with Crippen molar-refractivity contribution in [1.82, 2.24) is 5.32 Å². The fraction of sp³-hybridized carbons (Fsp3) is 0.952. The Bertz CT molecular complexity index is 1530. The molecule has 1 amide bonds. The summed E-state index contributed by atoms with van der Waals surface area (Å²) in [4.78, 5) is 13.4. The molecule has 3 aliphatic rings. The number of aliphatic hydroxyl groups excluding tert-OH is 11. The number of amides is 1. The van der Waals surface area contributed by atoms with Gasteiger partial charge in [-0.2, -0.15) is 0 Å². The second-order valence-electron chi connectivity index (χ2n) is 23.6. The van der Waals surface area contributed by atoms with Crippen molar-refractivity contribution in [3.05, 3.63) is 12.2 Å². The van der Waals surface area contributed by atoms with E-state index in [1.165, 1.54) is 173 Å². The highest BCUT2D eigenvalue weighted by Crippen LogP contribution is 2.33. The van der Waals surface area contributed by atoms with Crippen molar-refractivity contribution in [3.8, 4) is 0 Å². The van der Waals surface area contributed by atoms with E-state index in [1.807, 2.05) is 6.08 Å². The molecule has 3 rings (SSSR count). The number of carbonyl (C=O) groups is 1. The highest BCUT2D eigenvalue weighted by atomic mass is 16.8. The van der Waals surface area contributed by atoms with Crippen LogP contribution in [0.2, 0.25) is 0 Å². The van der Waals surface area contributed by atoms with Crippen LogP contribution in [0.5, 0.6) is 0 Å². The molecule has 19 nitrogen and oxygen atoms in total. The van der Waals surface area contributed by atoms with Crippen LogP contribution in [0.3, 0.4) is 0 Å². The van der Waals surface area contributed by atoms with E-state index in [-0.39, 0.29) is 18.9 Å². The van der Waals surface area contributed by atoms with Crippen LogP contribution in [-0.4, -0.2) is 193 Å². The van der Waals surface area contributed by atoms with E-state index in [2.05, 4.69) is 19.2 Å². The van der Waals surface area contributed by atoms with Crippen LogP contribution in [0.25, 0.3) is 0 Å². The summed E-state index contributed by atoms with van der Waals surface area (Å²) >= 11 is 0. The van der Waals surface area contributed by atoms with Crippen molar-refractivity contribution in [1.29, 1.82) is 0 Å². The number of unbranched alkanes of at least 4 members (excludes halogenated alkanes) is 33. The first kappa shape index (κ1) is 73.8. The maximum absolute atomic E-state index is 13.4. The van der Waals surface area contributed by atoms with E-state index in [0.717, 1.165) is 44.9 Å². The number of rotatable bonds is 49. The first-order valence-electron chi connectivity index (χ1n) is 32.4. The molecular formula is C62H117NO18. The zero-order valence-electron chi connectivity index (χ0n) is 50.0. The monoisotopic (exact) mass is 1160 g/mol. The lowest BCUT2D eigenvalue weighted by atomic mass is 9.96. The minimum atomic E-state index is -1.97. The Morgan fingerprint density at radius 3 is 1.25 bits per heavy atom. The summed E-state index contributed by atoms with van der Waals surface area (Å²) in [5.41, 5.74) is 0. The van der Waals surface area contributed by atoms with Gasteiger partial charge in [0.15, 0.2) is 18.9 Å². The molecule has 17 atom stereocenters. The number of allylic oxidation sites excluding steroid dienone is 1. The number of aliphatic hydroxyl groups is 11. The quantitative estimate of drug-likeness (QED) is 0.0217. The second-order valence-corrected chi connectivity index (χ2v) is 23.6. The predicted octanol–water partition coefficient (Wildman–Crippen LogP) is 6.94. The molecule has 0 aromatic rings. The lowest BCUT2D eigenvalue weighted by molar-refractivity contribution is -0.380. The van der Waals surface area contributed by atoms with Gasteiger partial charge in [0, 0.05) is 6.42 Å². The lowest BCUT2D eigenvalue weighted by Crippen LogP contribution is -2.67. The van der Waals surface area contributed by atoms with Gasteiger partial charge < -0.3 is 89.9 Å². The molecule has 0 bridgehead atoms. The molecule has 12 N–H and O–H groups in total. The van der Waals surface area contributed by atoms with Crippen molar-refractivity contribution in [2.24, 2.45) is 0 Å². The summed E-state index contributed by atoms with van der Waals surface area (Å²) in [7, 11) is 0. The molecule has 0 aromatic heterocycles. The summed E-state index contributed by atoms with van der Waals surface area (Å²) < 4.78 is 34.3. The Hall–Kier alpha value is -1.47. The highest BCUT2D eigenvalue weighted by molar-refractivity contribution is 5.76. The van der Waals surface area contributed by atoms with Crippen LogP contribution in [0, 0.1) is 0 Å². The van der Waals surface area contributed by atoms with E-state index >= 15 is 0 Å². The molecule has 0 aliphatic carbocycles. The van der Waals surface area contributed by atoms with E-state index < -0.39 is 124 Å². The zero-order chi connectivity index (χ0) is 59.0. The van der Waals surface area contributed by atoms with Gasteiger partial charge in [0.25, 0.3) is 0 Å². The van der Waals surface area contributed by atoms with Gasteiger partial charge in [0.2, 0.25) is 5.91 Å². The molecule has 3 saturated heterocycles. The molecule has 0 radical (unpaired) electrons. The smallest absolute Gasteiger partial charge is 0.220 e. The van der Waals surface area contributed by atoms with Crippen molar-refractivity contribution in [3.63, 3.8) is 0 Å². The SMILES string of the molecule is CCCCCCCCCCCCC/C=C/[C@@H](O)[C@H](CO[C@@H]1O[C@H](CO)[C@@H](O[C@@H]2O[C@H](CO)[C@H](O)[C@H](O[C@H]3O[C@H](CO)[C@H](O)[C@H](O)[C@H]3O)[C@H]2O)[C@H](O)[C@H]1O)NC(=O)CCCCCCCCCCCCCCCCCCCCCCCCC. The van der Waals surface area contributed by atoms with E-state index in [9.17, 15) is 61.0 Å². The first-order valence-corrected chi connectivity index (χ1v) is 32.4. The summed E-state index contributed by atoms with van der Waals surface area (Å²) in [6.07, 6.45) is 20.2. The Morgan fingerprint density at radius 2 is 0.802 bits per heavy atom. The summed E-state index contributed by atoms with van der Waals surface area (Å²) in [5.74, 6) is -0.275. The van der Waals surface area contributed by atoms with Crippen LogP contribution >= 0.6 is 0 Å². The Kier molecular flexibility index (Phi) is 41.7. The number of nitrogens with one attached hydrogen (secondary N) is 1. The lowest BCUT2D eigenvalue weighted by Gasteiger charge is -2.48. The molecule has 19 heteroatoms. The third-order valence-electron chi connectivity index (χ3n) is 16.6. The van der Waals surface area contributed by atoms with Gasteiger partial charge in [-0.25, -0.2) is 0 Å². The first-order chi connectivity index (χ1) is 39.3. The van der Waals surface area contributed by atoms with Gasteiger partial charge in [-0.1, -0.05) is 231 Å². The fourth-order valence-electron chi connectivity index (χ4n) is 11.2. The molecule has 81 heavy (non-hydrogen) atoms. The molecule has 0 unspecified atom stereocenters. The van der Waals surface area contributed by atoms with Crippen molar-refractivity contribution < 1.29 is 89.4 Å². The van der Waals surface area contributed by atoms with Crippen LogP contribution < -0.4 is 5.32 Å². The summed E-state index contributed by atoms with van der Waals surface area (Å²) in [5, 5.41) is 120. The van der Waals surface area contributed by atoms with Gasteiger partial charge in [-0.15, -0.1) is 0 Å². The molecule has 0 aromatic carbocycles. The van der Waals surface area contributed by atoms with Crippen LogP contribution in [0.4, 0.5) is 0 Å². The number of hydrogen-bond acceptors (Lipinski definition) is 18. The maximum atomic E-state index is 13.4. The minimum Gasteiger partial charge on any atom is -0.394 e. The molecule has 3 aliphatic heterocycles. The molecule has 0 spiro atoms. The van der Waals surface area contributed by atoms with Crippen LogP contribution in [-0.2, 0) is 33.2 Å². The standard InChI is InChI=1S/C62H117NO18/c1-3-5-7-9-11-13-15-17-18-19-20-21-22-23-24-25-26-28-30-32-34-36-38-40-50(68)63-45(46(67)39-37-35-33-31-29-27-16-14-12-10-8-6-4-2)44-76-60-56(74)54(72)58(49(43-66)79-60)80-62-57(75)59(52(70)48(42-65)78-62)81-61-55(73)53(71)51(69)47(41-64)77-61/h37,39,45-49,51-62,64-67,69-75H,3-36,38,40-44H2,1-2H3,(H,63,68)/b39-37+/t45-,46+,47+,48+,49+,51-,52-,53-,54+,55+,56+,57+,58+,59-,60+,61+,62-/m0/s1. The predicted molar refractivity (Wildman–Crippen MR) is 310 cm³/mol.